The Kier molecular flexibility index (Phi) is 9.37. The molecule has 1 amide bonds. The third-order valence-corrected chi connectivity index (χ3v) is 4.60. The van der Waals surface area contributed by atoms with Crippen LogP contribution in [0.3, 0.4) is 0 Å². The highest BCUT2D eigenvalue weighted by atomic mass is 16.5. The zero-order valence-electron chi connectivity index (χ0n) is 18.3. The highest BCUT2D eigenvalue weighted by Crippen LogP contribution is 2.30. The second-order valence-corrected chi connectivity index (χ2v) is 6.65. The summed E-state index contributed by atoms with van der Waals surface area (Å²) in [4.78, 5) is 14.2. The lowest BCUT2D eigenvalue weighted by Gasteiger charge is -2.20. The Hall–Kier alpha value is -2.84. The van der Waals surface area contributed by atoms with Gasteiger partial charge in [0.1, 0.15) is 12.4 Å². The molecule has 2 aromatic rings. The van der Waals surface area contributed by atoms with E-state index in [1.165, 1.54) is 6.08 Å². The molecule has 0 bridgehead atoms. The molecule has 164 valence electrons. The largest absolute Gasteiger partial charge is 0.493 e. The molecule has 0 N–H and O–H groups in total. The average molecular weight is 418 g/mol. The minimum atomic E-state index is -0.109. The van der Waals surface area contributed by atoms with Gasteiger partial charge < -0.3 is 28.4 Å². The summed E-state index contributed by atoms with van der Waals surface area (Å²) in [5, 5.41) is 3.93. The fraction of sp³-hybridized carbons (Fsp3) is 0.455. The number of amides is 1. The zero-order valence-corrected chi connectivity index (χ0v) is 18.3. The Labute approximate surface area is 177 Å². The van der Waals surface area contributed by atoms with Crippen molar-refractivity contribution in [3.05, 3.63) is 46.9 Å². The van der Waals surface area contributed by atoms with E-state index in [-0.39, 0.29) is 5.91 Å². The van der Waals surface area contributed by atoms with Gasteiger partial charge in [0.15, 0.2) is 11.5 Å². The summed E-state index contributed by atoms with van der Waals surface area (Å²) >= 11 is 0. The quantitative estimate of drug-likeness (QED) is 0.490. The highest BCUT2D eigenvalue weighted by molar-refractivity contribution is 5.91. The lowest BCUT2D eigenvalue weighted by Crippen LogP contribution is -2.35. The van der Waals surface area contributed by atoms with Crippen molar-refractivity contribution in [2.75, 3.05) is 47.6 Å². The minimum Gasteiger partial charge on any atom is -0.493 e. The number of rotatable bonds is 12. The monoisotopic (exact) mass is 418 g/mol. The van der Waals surface area contributed by atoms with Gasteiger partial charge in [0.05, 0.1) is 31.6 Å². The van der Waals surface area contributed by atoms with Crippen molar-refractivity contribution in [3.8, 4) is 11.5 Å². The Bertz CT molecular complexity index is 819. The number of carbonyl (C=O) groups excluding carboxylic acids is 1. The van der Waals surface area contributed by atoms with Crippen molar-refractivity contribution in [2.24, 2.45) is 0 Å². The number of benzene rings is 1. The van der Waals surface area contributed by atoms with Gasteiger partial charge in [-0.3, -0.25) is 4.79 Å². The Morgan fingerprint density at radius 2 is 1.80 bits per heavy atom. The van der Waals surface area contributed by atoms with Crippen LogP contribution in [0.25, 0.3) is 6.08 Å². The number of hydrogen-bond donors (Lipinski definition) is 0. The first kappa shape index (κ1) is 23.4. The van der Waals surface area contributed by atoms with Crippen LogP contribution < -0.4 is 9.47 Å². The first-order valence-corrected chi connectivity index (χ1v) is 9.67. The van der Waals surface area contributed by atoms with Crippen LogP contribution in [-0.2, 0) is 20.9 Å². The molecule has 0 aliphatic carbocycles. The summed E-state index contributed by atoms with van der Waals surface area (Å²) in [5.74, 6) is 1.80. The maximum atomic E-state index is 12.5. The van der Waals surface area contributed by atoms with E-state index in [9.17, 15) is 4.79 Å². The maximum absolute atomic E-state index is 12.5. The summed E-state index contributed by atoms with van der Waals surface area (Å²) in [7, 11) is 4.79. The summed E-state index contributed by atoms with van der Waals surface area (Å²) in [5.41, 5.74) is 2.54. The van der Waals surface area contributed by atoms with E-state index in [2.05, 4.69) is 5.16 Å². The van der Waals surface area contributed by atoms with Crippen LogP contribution in [0.1, 0.15) is 22.6 Å². The van der Waals surface area contributed by atoms with Crippen molar-refractivity contribution in [2.45, 2.75) is 20.5 Å². The molecule has 0 unspecified atom stereocenters. The van der Waals surface area contributed by atoms with Gasteiger partial charge >= 0.3 is 0 Å². The molecule has 0 spiro atoms. The smallest absolute Gasteiger partial charge is 0.246 e. The molecule has 0 aliphatic rings. The molecular formula is C22H30N2O6. The van der Waals surface area contributed by atoms with Crippen molar-refractivity contribution in [3.63, 3.8) is 0 Å². The van der Waals surface area contributed by atoms with Crippen molar-refractivity contribution >= 4 is 12.0 Å². The van der Waals surface area contributed by atoms with Gasteiger partial charge in [-0.1, -0.05) is 11.2 Å². The Morgan fingerprint density at radius 1 is 1.10 bits per heavy atom. The van der Waals surface area contributed by atoms with E-state index in [4.69, 9.17) is 23.5 Å². The van der Waals surface area contributed by atoms with Crippen LogP contribution >= 0.6 is 0 Å². The van der Waals surface area contributed by atoms with Gasteiger partial charge in [0.2, 0.25) is 5.91 Å². The van der Waals surface area contributed by atoms with E-state index >= 15 is 0 Å². The van der Waals surface area contributed by atoms with E-state index < -0.39 is 0 Å². The number of ether oxygens (including phenoxy) is 4. The summed E-state index contributed by atoms with van der Waals surface area (Å²) in [6, 6.07) is 5.50. The Balaban J connectivity index is 2.06. The van der Waals surface area contributed by atoms with Gasteiger partial charge in [-0.25, -0.2) is 0 Å². The molecule has 8 nitrogen and oxygen atoms in total. The van der Waals surface area contributed by atoms with E-state index in [0.29, 0.717) is 44.4 Å². The minimum absolute atomic E-state index is 0.109. The number of carbonyl (C=O) groups is 1. The maximum Gasteiger partial charge on any atom is 0.246 e. The topological polar surface area (TPSA) is 83.3 Å². The summed E-state index contributed by atoms with van der Waals surface area (Å²) < 4.78 is 26.6. The Morgan fingerprint density at radius 3 is 2.37 bits per heavy atom. The van der Waals surface area contributed by atoms with Crippen molar-refractivity contribution < 1.29 is 28.3 Å². The lowest BCUT2D eigenvalue weighted by atomic mass is 10.1. The van der Waals surface area contributed by atoms with Crippen molar-refractivity contribution in [1.82, 2.24) is 10.1 Å². The highest BCUT2D eigenvalue weighted by Gasteiger charge is 2.13. The number of aryl methyl sites for hydroxylation is 2. The number of hydrogen-bond acceptors (Lipinski definition) is 7. The van der Waals surface area contributed by atoms with Crippen LogP contribution in [0.5, 0.6) is 11.5 Å². The molecule has 8 heteroatoms. The number of aromatic nitrogens is 1. The third kappa shape index (κ3) is 6.60. The van der Waals surface area contributed by atoms with Crippen molar-refractivity contribution in [1.29, 1.82) is 0 Å². The molecule has 0 fully saturated rings. The first-order chi connectivity index (χ1) is 14.5. The fourth-order valence-electron chi connectivity index (χ4n) is 2.77. The van der Waals surface area contributed by atoms with Crippen LogP contribution in [-0.4, -0.2) is 63.6 Å². The van der Waals surface area contributed by atoms with Gasteiger partial charge in [0.25, 0.3) is 0 Å². The molecule has 1 aromatic carbocycles. The average Bonchev–Trinajstić information content (AvgIpc) is 3.08. The van der Waals surface area contributed by atoms with Gasteiger partial charge in [-0.15, -0.1) is 0 Å². The van der Waals surface area contributed by atoms with Gasteiger partial charge in [-0.05, 0) is 37.6 Å². The van der Waals surface area contributed by atoms with Gasteiger partial charge in [-0.2, -0.15) is 0 Å². The van der Waals surface area contributed by atoms with Crippen LogP contribution in [0, 0.1) is 13.8 Å². The molecule has 0 radical (unpaired) electrons. The van der Waals surface area contributed by atoms with E-state index in [0.717, 1.165) is 22.6 Å². The van der Waals surface area contributed by atoms with Crippen LogP contribution in [0.4, 0.5) is 0 Å². The molecule has 2 rings (SSSR count). The molecular weight excluding hydrogens is 388 g/mol. The van der Waals surface area contributed by atoms with Crippen LogP contribution in [0.15, 0.2) is 28.8 Å². The number of nitrogens with zero attached hydrogens (tertiary/aromatic N) is 2. The molecule has 1 heterocycles. The summed E-state index contributed by atoms with van der Waals surface area (Å²) in [6.07, 6.45) is 3.28. The molecule has 0 saturated carbocycles. The zero-order chi connectivity index (χ0) is 21.9. The normalized spacial score (nSPS) is 11.1. The van der Waals surface area contributed by atoms with E-state index in [1.807, 2.05) is 32.0 Å². The third-order valence-electron chi connectivity index (χ3n) is 4.60. The lowest BCUT2D eigenvalue weighted by molar-refractivity contribution is -0.127. The molecule has 0 saturated heterocycles. The second kappa shape index (κ2) is 12.0. The van der Waals surface area contributed by atoms with E-state index in [1.54, 1.807) is 32.3 Å². The molecule has 0 atom stereocenters. The molecule has 0 aliphatic heterocycles. The van der Waals surface area contributed by atoms with Crippen LogP contribution in [0.2, 0.25) is 0 Å². The standard InChI is InChI=1S/C22H30N2O6/c1-16-19(17(2)30-23-16)15-29-20-8-6-18(14-21(20)28-5)7-9-22(25)24(10-12-26-3)11-13-27-4/h6-9,14H,10-13,15H2,1-5H3/b9-7+. The number of methoxy groups -OCH3 is 3. The molecule has 1 aromatic heterocycles. The van der Waals surface area contributed by atoms with Gasteiger partial charge in [0, 0.05) is 33.4 Å². The SMILES string of the molecule is COCCN(CCOC)C(=O)/C=C/c1ccc(OCc2c(C)noc2C)c(OC)c1. The molecule has 30 heavy (non-hydrogen) atoms. The fourth-order valence-corrected chi connectivity index (χ4v) is 2.77. The summed E-state index contributed by atoms with van der Waals surface area (Å²) in [6.45, 7) is 5.99. The predicted octanol–water partition coefficient (Wildman–Crippen LogP) is 3.01. The second-order valence-electron chi connectivity index (χ2n) is 6.65. The first-order valence-electron chi connectivity index (χ1n) is 9.67. The predicted molar refractivity (Wildman–Crippen MR) is 113 cm³/mol.